The number of nitrogens with zero attached hydrogens (tertiary/aromatic N) is 4. The Balaban J connectivity index is 2.32. The van der Waals surface area contributed by atoms with Crippen LogP contribution in [0.25, 0.3) is 22.2 Å². The molecule has 0 aliphatic heterocycles. The van der Waals surface area contributed by atoms with Crippen LogP contribution < -0.4 is 5.69 Å². The van der Waals surface area contributed by atoms with Gasteiger partial charge in [-0.2, -0.15) is 14.0 Å². The molecular formula is C17H12F2N4O. The zero-order chi connectivity index (χ0) is 17.5. The summed E-state index contributed by atoms with van der Waals surface area (Å²) in [6.07, 6.45) is 3.45. The predicted molar refractivity (Wildman–Crippen MR) is 85.5 cm³/mol. The van der Waals surface area contributed by atoms with Crippen molar-refractivity contribution in [2.24, 2.45) is 7.05 Å². The van der Waals surface area contributed by atoms with E-state index in [1.54, 1.807) is 18.2 Å². The summed E-state index contributed by atoms with van der Waals surface area (Å²) in [5, 5.41) is 9.19. The Kier molecular flexibility index (Phi) is 3.53. The normalized spacial score (nSPS) is 11.4. The van der Waals surface area contributed by atoms with Crippen LogP contribution in [0.4, 0.5) is 8.78 Å². The van der Waals surface area contributed by atoms with Crippen molar-refractivity contribution in [3.8, 4) is 17.2 Å². The number of halogens is 2. The molecule has 0 aliphatic rings. The average Bonchev–Trinajstić information content (AvgIpc) is 2.86. The summed E-state index contributed by atoms with van der Waals surface area (Å²) in [6, 6.07) is 4.72. The number of hydrogen-bond acceptors (Lipinski definition) is 3. The molecule has 3 rings (SSSR count). The maximum atomic E-state index is 14.0. The molecule has 24 heavy (non-hydrogen) atoms. The number of nitriles is 1. The highest BCUT2D eigenvalue weighted by Gasteiger charge is 2.32. The van der Waals surface area contributed by atoms with Gasteiger partial charge in [0.1, 0.15) is 0 Å². The van der Waals surface area contributed by atoms with E-state index in [-0.39, 0.29) is 5.52 Å². The molecule has 7 heteroatoms. The Morgan fingerprint density at radius 1 is 1.33 bits per heavy atom. The van der Waals surface area contributed by atoms with Crippen LogP contribution in [0.3, 0.4) is 0 Å². The van der Waals surface area contributed by atoms with Crippen LogP contribution in [-0.4, -0.2) is 14.1 Å². The third-order valence-corrected chi connectivity index (χ3v) is 3.85. The van der Waals surface area contributed by atoms with Gasteiger partial charge in [0.2, 0.25) is 0 Å². The van der Waals surface area contributed by atoms with Crippen LogP contribution >= 0.6 is 0 Å². The first-order valence-electron chi connectivity index (χ1n) is 6.98. The summed E-state index contributed by atoms with van der Waals surface area (Å²) < 4.78 is 29.6. The fourth-order valence-electron chi connectivity index (χ4n) is 2.61. The van der Waals surface area contributed by atoms with Crippen molar-refractivity contribution in [1.29, 1.82) is 5.26 Å². The van der Waals surface area contributed by atoms with Gasteiger partial charge in [0, 0.05) is 31.1 Å². The second-order valence-electron chi connectivity index (χ2n) is 5.21. The number of alkyl halides is 2. The van der Waals surface area contributed by atoms with Gasteiger partial charge >= 0.3 is 11.7 Å². The number of allylic oxidation sites excluding steroid dienone is 1. The van der Waals surface area contributed by atoms with Gasteiger partial charge in [-0.05, 0) is 23.8 Å². The van der Waals surface area contributed by atoms with Gasteiger partial charge in [0.15, 0.2) is 0 Å². The van der Waals surface area contributed by atoms with Gasteiger partial charge < -0.3 is 0 Å². The minimum atomic E-state index is -3.50. The number of fused-ring (bicyclic) bond motifs is 1. The van der Waals surface area contributed by atoms with Crippen LogP contribution in [0.15, 0.2) is 54.1 Å². The highest BCUT2D eigenvalue weighted by atomic mass is 19.3. The van der Waals surface area contributed by atoms with E-state index >= 15 is 0 Å². The van der Waals surface area contributed by atoms with E-state index in [9.17, 15) is 18.8 Å². The Morgan fingerprint density at radius 2 is 2.08 bits per heavy atom. The quantitative estimate of drug-likeness (QED) is 0.695. The first kappa shape index (κ1) is 15.6. The van der Waals surface area contributed by atoms with Gasteiger partial charge in [-0.25, -0.2) is 9.36 Å². The van der Waals surface area contributed by atoms with Gasteiger partial charge in [-0.15, -0.1) is 0 Å². The Hall–Kier alpha value is -3.27. The summed E-state index contributed by atoms with van der Waals surface area (Å²) in [5.41, 5.74) is 1.15. The fourth-order valence-corrected chi connectivity index (χ4v) is 2.61. The molecule has 1 aromatic carbocycles. The van der Waals surface area contributed by atoms with Crippen molar-refractivity contribution in [3.63, 3.8) is 0 Å². The average molecular weight is 326 g/mol. The van der Waals surface area contributed by atoms with Crippen molar-refractivity contribution >= 4 is 11.0 Å². The topological polar surface area (TPSA) is 63.6 Å². The number of imidazole rings is 1. The largest absolute Gasteiger partial charge is 0.353 e. The van der Waals surface area contributed by atoms with Crippen molar-refractivity contribution in [2.45, 2.75) is 6.05 Å². The fraction of sp³-hybridized carbons (Fsp3) is 0.118. The van der Waals surface area contributed by atoms with Crippen molar-refractivity contribution in [1.82, 2.24) is 14.1 Å². The number of aromatic nitrogens is 3. The Bertz CT molecular complexity index is 1060. The molecule has 0 radical (unpaired) electrons. The molecule has 2 heterocycles. The van der Waals surface area contributed by atoms with Crippen LogP contribution in [0.5, 0.6) is 0 Å². The van der Waals surface area contributed by atoms with E-state index in [0.717, 1.165) is 4.57 Å². The molecule has 0 saturated carbocycles. The molecule has 3 aromatic rings. The maximum absolute atomic E-state index is 14.0. The lowest BCUT2D eigenvalue weighted by Gasteiger charge is -2.12. The van der Waals surface area contributed by atoms with Crippen LogP contribution in [0.1, 0.15) is 5.56 Å². The first-order chi connectivity index (χ1) is 11.4. The molecule has 0 atom stereocenters. The second-order valence-corrected chi connectivity index (χ2v) is 5.21. The lowest BCUT2D eigenvalue weighted by Crippen LogP contribution is -2.32. The van der Waals surface area contributed by atoms with Gasteiger partial charge in [0.05, 0.1) is 22.7 Å². The minimum absolute atomic E-state index is 0.0820. The Morgan fingerprint density at radius 3 is 2.75 bits per heavy atom. The molecule has 0 fully saturated rings. The molecule has 5 nitrogen and oxygen atoms in total. The SMILES string of the molecule is C=CC(F)(F)n1c(=O)n(C)c2cc(-c3cnccc3C#N)ccc21. The molecule has 0 saturated heterocycles. The standard InChI is InChI=1S/C17H12F2N4O/c1-3-17(18,19)23-14-5-4-11(8-15(14)22(2)16(23)24)13-10-21-7-6-12(13)9-20/h3-8,10H,1H2,2H3. The van der Waals surface area contributed by atoms with Crippen LogP contribution in [0.2, 0.25) is 0 Å². The molecule has 0 amide bonds. The summed E-state index contributed by atoms with van der Waals surface area (Å²) in [4.78, 5) is 16.2. The van der Waals surface area contributed by atoms with E-state index in [2.05, 4.69) is 17.6 Å². The zero-order valence-electron chi connectivity index (χ0n) is 12.7. The van der Waals surface area contributed by atoms with E-state index in [4.69, 9.17) is 0 Å². The van der Waals surface area contributed by atoms with Crippen LogP contribution in [0, 0.1) is 11.3 Å². The number of aryl methyl sites for hydroxylation is 1. The lowest BCUT2D eigenvalue weighted by molar-refractivity contribution is -0.0269. The molecule has 0 unspecified atom stereocenters. The highest BCUT2D eigenvalue weighted by molar-refractivity contribution is 5.84. The number of hydrogen-bond donors (Lipinski definition) is 0. The van der Waals surface area contributed by atoms with Crippen molar-refractivity contribution < 1.29 is 8.78 Å². The summed E-state index contributed by atoms with van der Waals surface area (Å²) >= 11 is 0. The summed E-state index contributed by atoms with van der Waals surface area (Å²) in [5.74, 6) is 0. The third kappa shape index (κ3) is 2.20. The van der Waals surface area contributed by atoms with Gasteiger partial charge in [0.25, 0.3) is 0 Å². The molecular weight excluding hydrogens is 314 g/mol. The van der Waals surface area contributed by atoms with E-state index in [0.29, 0.717) is 32.9 Å². The lowest BCUT2D eigenvalue weighted by atomic mass is 10.0. The zero-order valence-corrected chi connectivity index (χ0v) is 12.7. The van der Waals surface area contributed by atoms with Crippen LogP contribution in [-0.2, 0) is 13.1 Å². The van der Waals surface area contributed by atoms with Gasteiger partial charge in [-0.3, -0.25) is 9.55 Å². The third-order valence-electron chi connectivity index (χ3n) is 3.85. The van der Waals surface area contributed by atoms with E-state index in [1.165, 1.54) is 25.5 Å². The highest BCUT2D eigenvalue weighted by Crippen LogP contribution is 2.29. The van der Waals surface area contributed by atoms with E-state index < -0.39 is 11.7 Å². The molecule has 0 N–H and O–H groups in total. The molecule has 120 valence electrons. The monoisotopic (exact) mass is 326 g/mol. The number of pyridine rings is 1. The smallest absolute Gasteiger partial charge is 0.295 e. The minimum Gasteiger partial charge on any atom is -0.295 e. The molecule has 0 spiro atoms. The first-order valence-corrected chi connectivity index (χ1v) is 6.98. The molecule has 2 aromatic heterocycles. The summed E-state index contributed by atoms with van der Waals surface area (Å²) in [7, 11) is 1.42. The maximum Gasteiger partial charge on any atom is 0.353 e. The van der Waals surface area contributed by atoms with Crippen molar-refractivity contribution in [3.05, 3.63) is 65.4 Å². The molecule has 0 bridgehead atoms. The number of benzene rings is 1. The molecule has 0 aliphatic carbocycles. The predicted octanol–water partition coefficient (Wildman–Crippen LogP) is 3.01. The van der Waals surface area contributed by atoms with Crippen molar-refractivity contribution in [2.75, 3.05) is 0 Å². The number of rotatable bonds is 3. The second kappa shape index (κ2) is 5.42. The Labute approximate surface area is 135 Å². The summed E-state index contributed by atoms with van der Waals surface area (Å²) in [6.45, 7) is 3.09. The van der Waals surface area contributed by atoms with E-state index in [1.807, 2.05) is 0 Å². The van der Waals surface area contributed by atoms with Gasteiger partial charge in [-0.1, -0.05) is 12.6 Å².